The van der Waals surface area contributed by atoms with Crippen LogP contribution in [0, 0.1) is 5.82 Å². The summed E-state index contributed by atoms with van der Waals surface area (Å²) in [5, 5.41) is 2.91. The van der Waals surface area contributed by atoms with Crippen molar-refractivity contribution < 1.29 is 9.33 Å². The average Bonchev–Trinajstić information content (AvgIpc) is 2.84. The fourth-order valence-electron chi connectivity index (χ4n) is 5.13. The van der Waals surface area contributed by atoms with Crippen molar-refractivity contribution in [1.82, 2.24) is 20.0 Å². The van der Waals surface area contributed by atoms with Gasteiger partial charge < -0.3 is 0 Å². The average molecular weight is 506 g/mol. The standard InChI is InChI=1S/C28H29ClFN5O/c1-27(2)12-6-13-28(3,4)35(27)36-34-26-21-15-18(9-11-24(21)32-17-33-26)20-7-5-14-31-25(20)19-8-10-23(30)22(29)16-19/h5,7-11,14-17H,6,12-13H2,1-4H3,(H,32,33,34). The summed E-state index contributed by atoms with van der Waals surface area (Å²) in [4.78, 5) is 19.7. The Morgan fingerprint density at radius 2 is 1.69 bits per heavy atom. The minimum absolute atomic E-state index is 0.0585. The van der Waals surface area contributed by atoms with Crippen molar-refractivity contribution in [2.45, 2.75) is 58.0 Å². The van der Waals surface area contributed by atoms with Gasteiger partial charge in [0.15, 0.2) is 5.82 Å². The number of nitrogens with one attached hydrogen (secondary N) is 1. The molecule has 0 atom stereocenters. The summed E-state index contributed by atoms with van der Waals surface area (Å²) in [6, 6.07) is 14.4. The van der Waals surface area contributed by atoms with E-state index < -0.39 is 5.82 Å². The highest BCUT2D eigenvalue weighted by Crippen LogP contribution is 2.39. The number of pyridine rings is 1. The van der Waals surface area contributed by atoms with Gasteiger partial charge in [-0.3, -0.25) is 4.98 Å². The number of benzene rings is 2. The summed E-state index contributed by atoms with van der Waals surface area (Å²) in [5.41, 5.74) is 6.89. The van der Waals surface area contributed by atoms with Crippen LogP contribution < -0.4 is 5.48 Å². The number of anilines is 1. The number of nitrogens with zero attached hydrogens (tertiary/aromatic N) is 4. The van der Waals surface area contributed by atoms with Crippen LogP contribution in [-0.4, -0.2) is 31.1 Å². The van der Waals surface area contributed by atoms with Crippen LogP contribution in [-0.2, 0) is 4.94 Å². The predicted octanol–water partition coefficient (Wildman–Crippen LogP) is 7.45. The molecule has 0 amide bonds. The molecule has 8 heteroatoms. The summed E-state index contributed by atoms with van der Waals surface area (Å²) < 4.78 is 13.8. The Balaban J connectivity index is 1.52. The zero-order valence-electron chi connectivity index (χ0n) is 20.8. The van der Waals surface area contributed by atoms with Crippen LogP contribution >= 0.6 is 11.6 Å². The molecule has 4 aromatic rings. The summed E-state index contributed by atoms with van der Waals surface area (Å²) in [5.74, 6) is 0.116. The summed E-state index contributed by atoms with van der Waals surface area (Å²) in [7, 11) is 0. The SMILES string of the molecule is CC1(C)CCCC(C)(C)N1ONc1ncnc2ccc(-c3cccnc3-c3ccc(F)c(Cl)c3)cc12. The second kappa shape index (κ2) is 9.39. The maximum atomic E-state index is 13.8. The van der Waals surface area contributed by atoms with E-state index in [9.17, 15) is 4.39 Å². The first-order valence-corrected chi connectivity index (χ1v) is 12.4. The van der Waals surface area contributed by atoms with Gasteiger partial charge in [-0.05, 0) is 88.9 Å². The first kappa shape index (κ1) is 24.6. The van der Waals surface area contributed by atoms with Crippen LogP contribution in [0.15, 0.2) is 61.1 Å². The first-order chi connectivity index (χ1) is 17.2. The van der Waals surface area contributed by atoms with Crippen molar-refractivity contribution >= 4 is 28.3 Å². The normalized spacial score (nSPS) is 17.3. The van der Waals surface area contributed by atoms with E-state index in [1.54, 1.807) is 18.3 Å². The molecule has 6 nitrogen and oxygen atoms in total. The fourth-order valence-corrected chi connectivity index (χ4v) is 5.31. The summed E-state index contributed by atoms with van der Waals surface area (Å²) in [6.07, 6.45) is 6.49. The predicted molar refractivity (Wildman–Crippen MR) is 142 cm³/mol. The number of hydrogen-bond acceptors (Lipinski definition) is 6. The molecule has 36 heavy (non-hydrogen) atoms. The molecular weight excluding hydrogens is 477 g/mol. The minimum Gasteiger partial charge on any atom is -0.256 e. The van der Waals surface area contributed by atoms with Crippen LogP contribution in [0.3, 0.4) is 0 Å². The van der Waals surface area contributed by atoms with Gasteiger partial charge in [0, 0.05) is 33.8 Å². The lowest BCUT2D eigenvalue weighted by molar-refractivity contribution is -0.264. The number of rotatable bonds is 5. The van der Waals surface area contributed by atoms with Crippen molar-refractivity contribution in [2.24, 2.45) is 0 Å². The quantitative estimate of drug-likeness (QED) is 0.284. The monoisotopic (exact) mass is 505 g/mol. The van der Waals surface area contributed by atoms with E-state index in [1.165, 1.54) is 12.4 Å². The van der Waals surface area contributed by atoms with E-state index in [0.29, 0.717) is 11.5 Å². The Morgan fingerprint density at radius 1 is 0.944 bits per heavy atom. The lowest BCUT2D eigenvalue weighted by Gasteiger charge is -2.50. The molecule has 1 N–H and O–H groups in total. The molecule has 5 rings (SSSR count). The van der Waals surface area contributed by atoms with Gasteiger partial charge in [0.1, 0.15) is 12.1 Å². The van der Waals surface area contributed by atoms with Gasteiger partial charge in [-0.15, -0.1) is 0 Å². The summed E-state index contributed by atoms with van der Waals surface area (Å²) >= 11 is 6.05. The lowest BCUT2D eigenvalue weighted by atomic mass is 9.82. The van der Waals surface area contributed by atoms with Crippen LogP contribution in [0.2, 0.25) is 5.02 Å². The molecule has 0 spiro atoms. The number of hydrogen-bond donors (Lipinski definition) is 1. The van der Waals surface area contributed by atoms with Gasteiger partial charge in [-0.2, -0.15) is 10.0 Å². The van der Waals surface area contributed by atoms with Crippen molar-refractivity contribution in [3.63, 3.8) is 0 Å². The van der Waals surface area contributed by atoms with Crippen molar-refractivity contribution in [3.05, 3.63) is 71.9 Å². The van der Waals surface area contributed by atoms with E-state index >= 15 is 0 Å². The molecule has 0 radical (unpaired) electrons. The van der Waals surface area contributed by atoms with E-state index in [-0.39, 0.29) is 16.1 Å². The van der Waals surface area contributed by atoms with Crippen molar-refractivity contribution in [3.8, 4) is 22.4 Å². The van der Waals surface area contributed by atoms with Gasteiger partial charge in [0.2, 0.25) is 0 Å². The fraction of sp³-hybridized carbons (Fsp3) is 0.321. The molecule has 186 valence electrons. The second-order valence-corrected chi connectivity index (χ2v) is 10.9. The molecule has 2 aromatic heterocycles. The third-order valence-electron chi connectivity index (χ3n) is 6.86. The molecule has 0 bridgehead atoms. The Labute approximate surface area is 215 Å². The maximum absolute atomic E-state index is 13.8. The van der Waals surface area contributed by atoms with Gasteiger partial charge in [-0.25, -0.2) is 19.8 Å². The molecule has 0 aliphatic carbocycles. The molecular formula is C28H29ClFN5O. The number of hydroxylamine groups is 2. The molecule has 2 aromatic carbocycles. The number of aromatic nitrogens is 3. The Bertz CT molecular complexity index is 1410. The third-order valence-corrected chi connectivity index (χ3v) is 7.15. The zero-order valence-corrected chi connectivity index (χ0v) is 21.6. The lowest BCUT2D eigenvalue weighted by Crippen LogP contribution is -2.58. The molecule has 1 aliphatic heterocycles. The third kappa shape index (κ3) is 4.66. The number of halogens is 2. The highest BCUT2D eigenvalue weighted by atomic mass is 35.5. The largest absolute Gasteiger partial charge is 0.256 e. The van der Waals surface area contributed by atoms with Crippen molar-refractivity contribution in [1.29, 1.82) is 0 Å². The van der Waals surface area contributed by atoms with Gasteiger partial charge >= 0.3 is 0 Å². The van der Waals surface area contributed by atoms with E-state index in [1.807, 2.05) is 35.4 Å². The van der Waals surface area contributed by atoms with E-state index in [2.05, 4.69) is 48.1 Å². The van der Waals surface area contributed by atoms with E-state index in [4.69, 9.17) is 16.5 Å². The van der Waals surface area contributed by atoms with Crippen LogP contribution in [0.4, 0.5) is 10.2 Å². The maximum Gasteiger partial charge on any atom is 0.162 e. The van der Waals surface area contributed by atoms with E-state index in [0.717, 1.165) is 46.9 Å². The smallest absolute Gasteiger partial charge is 0.162 e. The van der Waals surface area contributed by atoms with Crippen molar-refractivity contribution in [2.75, 3.05) is 5.48 Å². The first-order valence-electron chi connectivity index (χ1n) is 12.0. The molecule has 1 fully saturated rings. The Hall–Kier alpha value is -3.13. The molecule has 3 heterocycles. The van der Waals surface area contributed by atoms with Crippen LogP contribution in [0.5, 0.6) is 0 Å². The second-order valence-electron chi connectivity index (χ2n) is 10.4. The number of piperidine rings is 1. The van der Waals surface area contributed by atoms with Crippen LogP contribution in [0.1, 0.15) is 47.0 Å². The highest BCUT2D eigenvalue weighted by Gasteiger charge is 2.43. The zero-order chi connectivity index (χ0) is 25.5. The number of fused-ring (bicyclic) bond motifs is 1. The van der Waals surface area contributed by atoms with Gasteiger partial charge in [0.05, 0.1) is 16.2 Å². The highest BCUT2D eigenvalue weighted by molar-refractivity contribution is 6.31. The topological polar surface area (TPSA) is 63.2 Å². The molecule has 0 saturated carbocycles. The molecule has 0 unspecified atom stereocenters. The Kier molecular flexibility index (Phi) is 6.41. The Morgan fingerprint density at radius 3 is 2.44 bits per heavy atom. The van der Waals surface area contributed by atoms with Gasteiger partial charge in [-0.1, -0.05) is 23.7 Å². The van der Waals surface area contributed by atoms with Gasteiger partial charge in [0.25, 0.3) is 0 Å². The molecule has 1 saturated heterocycles. The van der Waals surface area contributed by atoms with Crippen LogP contribution in [0.25, 0.3) is 33.3 Å². The minimum atomic E-state index is -0.462. The summed E-state index contributed by atoms with van der Waals surface area (Å²) in [6.45, 7) is 8.77. The molecule has 1 aliphatic rings.